The molecule has 0 fully saturated rings. The van der Waals surface area contributed by atoms with Crippen LogP contribution in [0.2, 0.25) is 0 Å². The number of nitrogens with one attached hydrogen (secondary N) is 3. The van der Waals surface area contributed by atoms with Gasteiger partial charge >= 0.3 is 12.2 Å². The summed E-state index contributed by atoms with van der Waals surface area (Å²) in [6.45, 7) is 0.249. The van der Waals surface area contributed by atoms with Crippen molar-refractivity contribution >= 4 is 29.3 Å². The molecule has 0 aliphatic rings. The molecule has 0 saturated carbocycles. The van der Waals surface area contributed by atoms with Crippen molar-refractivity contribution in [2.45, 2.75) is 11.1 Å². The lowest BCUT2D eigenvalue weighted by molar-refractivity contribution is -0.137. The van der Waals surface area contributed by atoms with E-state index in [1.165, 1.54) is 24.0 Å². The topological polar surface area (TPSA) is 66.1 Å². The maximum Gasteiger partial charge on any atom is 0.419 e. The molecule has 0 atom stereocenters. The molecule has 0 saturated heterocycles. The number of nitrogens with zero attached hydrogens (tertiary/aromatic N) is 1. The molecule has 0 bridgehead atoms. The molecule has 0 spiro atoms. The number of hydrogen-bond acceptors (Lipinski definition) is 4. The number of halogens is 3. The fourth-order valence-electron chi connectivity index (χ4n) is 2.05. The van der Waals surface area contributed by atoms with E-state index in [2.05, 4.69) is 20.9 Å². The molecule has 0 aliphatic heterocycles. The van der Waals surface area contributed by atoms with Crippen molar-refractivity contribution in [1.29, 1.82) is 0 Å². The zero-order valence-electron chi connectivity index (χ0n) is 13.4. The SMILES string of the molecule is CSc1ccccc1NC(=O)NCCNc1ncccc1C(F)(F)F. The number of alkyl halides is 3. The number of aromatic nitrogens is 1. The third kappa shape index (κ3) is 5.56. The first-order valence-electron chi connectivity index (χ1n) is 7.36. The molecule has 3 N–H and O–H groups in total. The lowest BCUT2D eigenvalue weighted by Crippen LogP contribution is -2.33. The average molecular weight is 370 g/mol. The quantitative estimate of drug-likeness (QED) is 0.530. The Morgan fingerprint density at radius 1 is 1.16 bits per heavy atom. The van der Waals surface area contributed by atoms with Crippen molar-refractivity contribution in [1.82, 2.24) is 10.3 Å². The normalized spacial score (nSPS) is 11.0. The third-order valence-electron chi connectivity index (χ3n) is 3.17. The highest BCUT2D eigenvalue weighted by molar-refractivity contribution is 7.98. The van der Waals surface area contributed by atoms with Gasteiger partial charge in [-0.05, 0) is 30.5 Å². The second-order valence-corrected chi connectivity index (χ2v) is 5.75. The number of carbonyl (C=O) groups is 1. The summed E-state index contributed by atoms with van der Waals surface area (Å²) in [5.74, 6) is -0.259. The minimum Gasteiger partial charge on any atom is -0.368 e. The first-order valence-corrected chi connectivity index (χ1v) is 8.58. The number of carbonyl (C=O) groups excluding carboxylic acids is 1. The molecular weight excluding hydrogens is 353 g/mol. The molecule has 0 radical (unpaired) electrons. The maximum absolute atomic E-state index is 12.8. The summed E-state index contributed by atoms with van der Waals surface area (Å²) < 4.78 is 38.5. The van der Waals surface area contributed by atoms with Crippen LogP contribution < -0.4 is 16.0 Å². The van der Waals surface area contributed by atoms with Crippen molar-refractivity contribution in [3.8, 4) is 0 Å². The van der Waals surface area contributed by atoms with E-state index < -0.39 is 17.8 Å². The highest BCUT2D eigenvalue weighted by Gasteiger charge is 2.33. The van der Waals surface area contributed by atoms with Crippen LogP contribution in [-0.2, 0) is 6.18 Å². The van der Waals surface area contributed by atoms with E-state index >= 15 is 0 Å². The predicted molar refractivity (Wildman–Crippen MR) is 93.0 cm³/mol. The van der Waals surface area contributed by atoms with Gasteiger partial charge in [0.2, 0.25) is 0 Å². The standard InChI is InChI=1S/C16H17F3N4OS/c1-25-13-7-3-2-6-12(13)23-15(24)22-10-9-21-14-11(16(17,18)19)5-4-8-20-14/h2-8H,9-10H2,1H3,(H,20,21)(H2,22,23,24). The van der Waals surface area contributed by atoms with E-state index in [4.69, 9.17) is 0 Å². The van der Waals surface area contributed by atoms with Crippen LogP contribution in [0, 0.1) is 0 Å². The second-order valence-electron chi connectivity index (χ2n) is 4.91. The monoisotopic (exact) mass is 370 g/mol. The second kappa shape index (κ2) is 8.61. The molecule has 2 aromatic rings. The van der Waals surface area contributed by atoms with Gasteiger partial charge in [-0.2, -0.15) is 13.2 Å². The summed E-state index contributed by atoms with van der Waals surface area (Å²) in [4.78, 5) is 16.5. The van der Waals surface area contributed by atoms with E-state index in [0.717, 1.165) is 11.0 Å². The molecule has 25 heavy (non-hydrogen) atoms. The zero-order chi connectivity index (χ0) is 18.3. The van der Waals surface area contributed by atoms with Crippen LogP contribution in [-0.4, -0.2) is 30.4 Å². The first-order chi connectivity index (χ1) is 11.9. The maximum atomic E-state index is 12.8. The highest BCUT2D eigenvalue weighted by atomic mass is 32.2. The average Bonchev–Trinajstić information content (AvgIpc) is 2.59. The predicted octanol–water partition coefficient (Wildman–Crippen LogP) is 4.06. The molecule has 2 amide bonds. The lowest BCUT2D eigenvalue weighted by Gasteiger charge is -2.14. The first kappa shape index (κ1) is 18.9. The number of benzene rings is 1. The van der Waals surface area contributed by atoms with Crippen LogP contribution in [0.25, 0.3) is 0 Å². The largest absolute Gasteiger partial charge is 0.419 e. The number of pyridine rings is 1. The van der Waals surface area contributed by atoms with Gasteiger partial charge in [0.15, 0.2) is 0 Å². The summed E-state index contributed by atoms with van der Waals surface area (Å²) >= 11 is 1.50. The summed E-state index contributed by atoms with van der Waals surface area (Å²) in [5.41, 5.74) is -0.169. The zero-order valence-corrected chi connectivity index (χ0v) is 14.2. The van der Waals surface area contributed by atoms with Crippen molar-refractivity contribution in [2.24, 2.45) is 0 Å². The Morgan fingerprint density at radius 3 is 2.64 bits per heavy atom. The van der Waals surface area contributed by atoms with Gasteiger partial charge in [0.05, 0.1) is 11.3 Å². The molecule has 5 nitrogen and oxygen atoms in total. The molecule has 1 aromatic heterocycles. The van der Waals surface area contributed by atoms with Gasteiger partial charge in [-0.15, -0.1) is 11.8 Å². The molecule has 0 unspecified atom stereocenters. The Bertz CT molecular complexity index is 725. The molecule has 9 heteroatoms. The summed E-state index contributed by atoms with van der Waals surface area (Å²) in [7, 11) is 0. The smallest absolute Gasteiger partial charge is 0.368 e. The molecular formula is C16H17F3N4OS. The number of amides is 2. The van der Waals surface area contributed by atoms with Gasteiger partial charge in [-0.1, -0.05) is 12.1 Å². The number of para-hydroxylation sites is 1. The Kier molecular flexibility index (Phi) is 6.51. The van der Waals surface area contributed by atoms with Crippen LogP contribution in [0.15, 0.2) is 47.5 Å². The fraction of sp³-hybridized carbons (Fsp3) is 0.250. The fourth-order valence-corrected chi connectivity index (χ4v) is 2.60. The van der Waals surface area contributed by atoms with Crippen LogP contribution >= 0.6 is 11.8 Å². The summed E-state index contributed by atoms with van der Waals surface area (Å²) in [6, 6.07) is 9.06. The summed E-state index contributed by atoms with van der Waals surface area (Å²) in [5, 5.41) is 7.87. The number of urea groups is 1. The van der Waals surface area contributed by atoms with Crippen molar-refractivity contribution in [3.63, 3.8) is 0 Å². The number of hydrogen-bond donors (Lipinski definition) is 3. The lowest BCUT2D eigenvalue weighted by atomic mass is 10.2. The molecule has 1 aromatic carbocycles. The van der Waals surface area contributed by atoms with E-state index in [1.54, 1.807) is 12.1 Å². The van der Waals surface area contributed by atoms with Crippen LogP contribution in [0.1, 0.15) is 5.56 Å². The van der Waals surface area contributed by atoms with Crippen molar-refractivity contribution in [3.05, 3.63) is 48.2 Å². The highest BCUT2D eigenvalue weighted by Crippen LogP contribution is 2.33. The van der Waals surface area contributed by atoms with Gasteiger partial charge in [0.1, 0.15) is 5.82 Å². The van der Waals surface area contributed by atoms with Crippen LogP contribution in [0.5, 0.6) is 0 Å². The van der Waals surface area contributed by atoms with E-state index in [0.29, 0.717) is 5.69 Å². The molecule has 2 rings (SSSR count). The Labute approximate surface area is 147 Å². The van der Waals surface area contributed by atoms with Crippen LogP contribution in [0.4, 0.5) is 29.5 Å². The van der Waals surface area contributed by atoms with Gasteiger partial charge in [-0.25, -0.2) is 9.78 Å². The van der Waals surface area contributed by atoms with Crippen LogP contribution in [0.3, 0.4) is 0 Å². The summed E-state index contributed by atoms with van der Waals surface area (Å²) in [6.07, 6.45) is -1.31. The Morgan fingerprint density at radius 2 is 1.92 bits per heavy atom. The van der Waals surface area contributed by atoms with E-state index in [-0.39, 0.29) is 18.9 Å². The minimum absolute atomic E-state index is 0.109. The number of anilines is 2. The molecule has 0 aliphatic carbocycles. The minimum atomic E-state index is -4.48. The number of thioether (sulfide) groups is 1. The van der Waals surface area contributed by atoms with Gasteiger partial charge in [0, 0.05) is 24.2 Å². The Hall–Kier alpha value is -2.42. The molecule has 134 valence electrons. The van der Waals surface area contributed by atoms with Gasteiger partial charge in [0.25, 0.3) is 0 Å². The number of rotatable bonds is 6. The molecule has 1 heterocycles. The Balaban J connectivity index is 1.83. The third-order valence-corrected chi connectivity index (χ3v) is 3.97. The van der Waals surface area contributed by atoms with Crippen molar-refractivity contribution in [2.75, 3.05) is 30.0 Å². The van der Waals surface area contributed by atoms with Crippen molar-refractivity contribution < 1.29 is 18.0 Å². The van der Waals surface area contributed by atoms with Gasteiger partial charge < -0.3 is 16.0 Å². The van der Waals surface area contributed by atoms with Gasteiger partial charge in [-0.3, -0.25) is 0 Å². The van der Waals surface area contributed by atoms with E-state index in [1.807, 2.05) is 18.4 Å². The van der Waals surface area contributed by atoms with E-state index in [9.17, 15) is 18.0 Å².